The van der Waals surface area contributed by atoms with Crippen molar-refractivity contribution in [3.05, 3.63) is 0 Å². The Hall–Kier alpha value is -1.01. The minimum atomic E-state index is 0.0548. The highest BCUT2D eigenvalue weighted by Crippen LogP contribution is 2.09. The smallest absolute Gasteiger partial charge is 0.223 e. The molecule has 1 heterocycles. The molecule has 1 rings (SSSR count). The highest BCUT2D eigenvalue weighted by atomic mass is 16.2. The van der Waals surface area contributed by atoms with Gasteiger partial charge in [0.05, 0.1) is 6.04 Å². The molecule has 3 heteroatoms. The number of terminal acetylenes is 1. The van der Waals surface area contributed by atoms with Crippen LogP contribution in [-0.4, -0.2) is 36.5 Å². The van der Waals surface area contributed by atoms with E-state index in [9.17, 15) is 4.79 Å². The van der Waals surface area contributed by atoms with Crippen LogP contribution in [0.2, 0.25) is 0 Å². The average molecular weight is 208 g/mol. The van der Waals surface area contributed by atoms with E-state index in [0.717, 1.165) is 25.9 Å². The van der Waals surface area contributed by atoms with Crippen LogP contribution in [-0.2, 0) is 4.79 Å². The van der Waals surface area contributed by atoms with Gasteiger partial charge >= 0.3 is 0 Å². The van der Waals surface area contributed by atoms with Crippen molar-refractivity contribution in [2.75, 3.05) is 19.6 Å². The van der Waals surface area contributed by atoms with Gasteiger partial charge in [-0.2, -0.15) is 0 Å². The third-order valence-corrected chi connectivity index (χ3v) is 2.75. The fraction of sp³-hybridized carbons (Fsp3) is 0.750. The lowest BCUT2D eigenvalue weighted by molar-refractivity contribution is -0.131. The van der Waals surface area contributed by atoms with E-state index in [1.54, 1.807) is 0 Å². The first-order valence-electron chi connectivity index (χ1n) is 5.71. The summed E-state index contributed by atoms with van der Waals surface area (Å²) in [6.07, 6.45) is 9.35. The number of likely N-dealkylation sites (tertiary alicyclic amines) is 1. The Morgan fingerprint density at radius 2 is 2.13 bits per heavy atom. The van der Waals surface area contributed by atoms with Crippen LogP contribution in [0.25, 0.3) is 0 Å². The van der Waals surface area contributed by atoms with E-state index in [-0.39, 0.29) is 11.9 Å². The minimum absolute atomic E-state index is 0.0548. The van der Waals surface area contributed by atoms with Crippen LogP contribution in [0.5, 0.6) is 0 Å². The molecule has 0 aromatic rings. The fourth-order valence-electron chi connectivity index (χ4n) is 1.76. The van der Waals surface area contributed by atoms with Crippen molar-refractivity contribution in [1.29, 1.82) is 0 Å². The first-order chi connectivity index (χ1) is 7.24. The maximum atomic E-state index is 11.7. The quantitative estimate of drug-likeness (QED) is 0.699. The van der Waals surface area contributed by atoms with Gasteiger partial charge in [0.2, 0.25) is 5.91 Å². The van der Waals surface area contributed by atoms with Crippen LogP contribution in [0, 0.1) is 12.3 Å². The number of piperidine rings is 1. The number of nitrogens with one attached hydrogen (secondary N) is 1. The van der Waals surface area contributed by atoms with Crippen LogP contribution in [0.4, 0.5) is 0 Å². The molecule has 0 radical (unpaired) electrons. The first kappa shape index (κ1) is 12.1. The second-order valence-corrected chi connectivity index (χ2v) is 4.03. The summed E-state index contributed by atoms with van der Waals surface area (Å²) in [5, 5.41) is 3.12. The van der Waals surface area contributed by atoms with Gasteiger partial charge in [-0.25, -0.2) is 0 Å². The molecule has 0 aromatic heterocycles. The topological polar surface area (TPSA) is 32.3 Å². The largest absolute Gasteiger partial charge is 0.343 e. The molecule has 1 atom stereocenters. The molecular formula is C12H20N2O. The van der Waals surface area contributed by atoms with E-state index in [4.69, 9.17) is 6.42 Å². The molecule has 1 fully saturated rings. The van der Waals surface area contributed by atoms with Gasteiger partial charge in [-0.05, 0) is 26.2 Å². The molecule has 1 aliphatic heterocycles. The van der Waals surface area contributed by atoms with Crippen molar-refractivity contribution in [1.82, 2.24) is 10.2 Å². The van der Waals surface area contributed by atoms with E-state index < -0.39 is 0 Å². The van der Waals surface area contributed by atoms with Gasteiger partial charge < -0.3 is 10.2 Å². The molecule has 0 spiro atoms. The zero-order valence-corrected chi connectivity index (χ0v) is 9.46. The monoisotopic (exact) mass is 208 g/mol. The molecule has 84 valence electrons. The molecule has 0 bridgehead atoms. The van der Waals surface area contributed by atoms with Crippen molar-refractivity contribution in [2.24, 2.45) is 0 Å². The summed E-state index contributed by atoms with van der Waals surface area (Å²) in [4.78, 5) is 13.7. The van der Waals surface area contributed by atoms with Gasteiger partial charge in [0, 0.05) is 26.1 Å². The first-order valence-corrected chi connectivity index (χ1v) is 5.71. The molecule has 0 aromatic carbocycles. The normalized spacial score (nSPS) is 18.3. The second-order valence-electron chi connectivity index (χ2n) is 4.03. The average Bonchev–Trinajstić information content (AvgIpc) is 2.29. The SMILES string of the molecule is C#CC(C)NCCC(=O)N1CCCCC1. The van der Waals surface area contributed by atoms with E-state index >= 15 is 0 Å². The number of nitrogens with zero attached hydrogens (tertiary/aromatic N) is 1. The minimum Gasteiger partial charge on any atom is -0.343 e. The number of carbonyl (C=O) groups is 1. The van der Waals surface area contributed by atoms with Gasteiger partial charge in [-0.15, -0.1) is 6.42 Å². The number of carbonyl (C=O) groups excluding carboxylic acids is 1. The molecular weight excluding hydrogens is 188 g/mol. The Kier molecular flexibility index (Phi) is 5.20. The zero-order valence-electron chi connectivity index (χ0n) is 9.46. The Labute approximate surface area is 92.2 Å². The lowest BCUT2D eigenvalue weighted by Gasteiger charge is -2.26. The number of rotatable bonds is 4. The number of hydrogen-bond donors (Lipinski definition) is 1. The predicted octanol–water partition coefficient (Wildman–Crippen LogP) is 1.00. The van der Waals surface area contributed by atoms with Crippen molar-refractivity contribution in [2.45, 2.75) is 38.6 Å². The number of amides is 1. The van der Waals surface area contributed by atoms with Gasteiger partial charge in [0.15, 0.2) is 0 Å². The molecule has 1 aliphatic rings. The van der Waals surface area contributed by atoms with Gasteiger partial charge in [-0.3, -0.25) is 4.79 Å². The van der Waals surface area contributed by atoms with Crippen LogP contribution in [0.15, 0.2) is 0 Å². The van der Waals surface area contributed by atoms with Gasteiger partial charge in [0.1, 0.15) is 0 Å². The summed E-state index contributed by atoms with van der Waals surface area (Å²) >= 11 is 0. The van der Waals surface area contributed by atoms with Gasteiger partial charge in [0.25, 0.3) is 0 Å². The van der Waals surface area contributed by atoms with E-state index in [2.05, 4.69) is 11.2 Å². The molecule has 0 aliphatic carbocycles. The van der Waals surface area contributed by atoms with E-state index in [0.29, 0.717) is 13.0 Å². The Morgan fingerprint density at radius 1 is 1.47 bits per heavy atom. The van der Waals surface area contributed by atoms with Crippen molar-refractivity contribution in [3.63, 3.8) is 0 Å². The summed E-state index contributed by atoms with van der Waals surface area (Å²) in [6, 6.07) is 0.0548. The highest BCUT2D eigenvalue weighted by molar-refractivity contribution is 5.76. The molecule has 0 saturated carbocycles. The fourth-order valence-corrected chi connectivity index (χ4v) is 1.76. The lowest BCUT2D eigenvalue weighted by Crippen LogP contribution is -2.38. The maximum Gasteiger partial charge on any atom is 0.223 e. The summed E-state index contributed by atoms with van der Waals surface area (Å²) in [6.45, 7) is 4.47. The van der Waals surface area contributed by atoms with E-state index in [1.807, 2.05) is 11.8 Å². The van der Waals surface area contributed by atoms with Crippen LogP contribution >= 0.6 is 0 Å². The van der Waals surface area contributed by atoms with Crippen LogP contribution in [0.1, 0.15) is 32.6 Å². The number of hydrogen-bond acceptors (Lipinski definition) is 2. The summed E-state index contributed by atoms with van der Waals surface area (Å²) in [7, 11) is 0. The summed E-state index contributed by atoms with van der Waals surface area (Å²) < 4.78 is 0. The molecule has 1 saturated heterocycles. The van der Waals surface area contributed by atoms with Crippen molar-refractivity contribution < 1.29 is 4.79 Å². The molecule has 3 nitrogen and oxygen atoms in total. The Balaban J connectivity index is 2.15. The molecule has 1 N–H and O–H groups in total. The third kappa shape index (κ3) is 4.35. The molecule has 1 amide bonds. The highest BCUT2D eigenvalue weighted by Gasteiger charge is 2.15. The third-order valence-electron chi connectivity index (χ3n) is 2.75. The maximum absolute atomic E-state index is 11.7. The van der Waals surface area contributed by atoms with Crippen LogP contribution < -0.4 is 5.32 Å². The lowest BCUT2D eigenvalue weighted by atomic mass is 10.1. The van der Waals surface area contributed by atoms with Gasteiger partial charge in [-0.1, -0.05) is 5.92 Å². The van der Waals surface area contributed by atoms with Crippen molar-refractivity contribution in [3.8, 4) is 12.3 Å². The zero-order chi connectivity index (χ0) is 11.1. The summed E-state index contributed by atoms with van der Waals surface area (Å²) in [5.41, 5.74) is 0. The van der Waals surface area contributed by atoms with E-state index in [1.165, 1.54) is 6.42 Å². The molecule has 1 unspecified atom stereocenters. The second kappa shape index (κ2) is 6.47. The Bertz CT molecular complexity index is 238. The molecule has 15 heavy (non-hydrogen) atoms. The summed E-state index contributed by atoms with van der Waals surface area (Å²) in [5.74, 6) is 2.84. The predicted molar refractivity (Wildman–Crippen MR) is 61.3 cm³/mol. The standard InChI is InChI=1S/C12H20N2O/c1-3-11(2)13-8-7-12(15)14-9-5-4-6-10-14/h1,11,13H,4-10H2,2H3. The van der Waals surface area contributed by atoms with Crippen molar-refractivity contribution >= 4 is 5.91 Å². The Morgan fingerprint density at radius 3 is 2.73 bits per heavy atom. The van der Waals surface area contributed by atoms with Crippen LogP contribution in [0.3, 0.4) is 0 Å².